The number of piperazine rings is 1. The maximum Gasteiger partial charge on any atom is 0.298 e. The Balaban J connectivity index is 1.59. The first-order valence-corrected chi connectivity index (χ1v) is 9.58. The van der Waals surface area contributed by atoms with E-state index in [4.69, 9.17) is 14.1 Å². The third-order valence-corrected chi connectivity index (χ3v) is 5.91. The molecule has 2 unspecified atom stereocenters. The van der Waals surface area contributed by atoms with Gasteiger partial charge in [0.05, 0.1) is 12.7 Å². The first-order valence-electron chi connectivity index (χ1n) is 8.70. The second-order valence-corrected chi connectivity index (χ2v) is 7.62. The number of anilines is 1. The predicted molar refractivity (Wildman–Crippen MR) is 98.4 cm³/mol. The lowest BCUT2D eigenvalue weighted by molar-refractivity contribution is 0.276. The fourth-order valence-electron chi connectivity index (χ4n) is 3.96. The fraction of sp³-hybridized carbons (Fsp3) is 0.444. The molecule has 2 fully saturated rings. The van der Waals surface area contributed by atoms with Gasteiger partial charge in [-0.15, -0.1) is 11.3 Å². The molecular formula is C18H20N4O2S. The Morgan fingerprint density at radius 3 is 2.84 bits per heavy atom. The van der Waals surface area contributed by atoms with Crippen molar-refractivity contribution in [3.05, 3.63) is 23.7 Å². The van der Waals surface area contributed by atoms with Crippen LogP contribution in [0.4, 0.5) is 6.01 Å². The molecule has 5 rings (SSSR count). The van der Waals surface area contributed by atoms with Crippen LogP contribution < -0.4 is 15.0 Å². The molecule has 0 amide bonds. The summed E-state index contributed by atoms with van der Waals surface area (Å²) in [6, 6.07) is 5.70. The van der Waals surface area contributed by atoms with E-state index >= 15 is 0 Å². The van der Waals surface area contributed by atoms with Gasteiger partial charge in [-0.2, -0.15) is 4.98 Å². The lowest BCUT2D eigenvalue weighted by Crippen LogP contribution is -2.58. The normalized spacial score (nSPS) is 23.2. The number of nitrogens with one attached hydrogen (secondary N) is 1. The Bertz CT molecular complexity index is 880. The Morgan fingerprint density at radius 2 is 2.12 bits per heavy atom. The number of nitrogens with zero attached hydrogens (tertiary/aromatic N) is 3. The highest BCUT2D eigenvalue weighted by atomic mass is 32.1. The van der Waals surface area contributed by atoms with Crippen molar-refractivity contribution in [1.82, 2.24) is 15.3 Å². The Hall–Kier alpha value is -2.12. The summed E-state index contributed by atoms with van der Waals surface area (Å²) >= 11 is 1.60. The van der Waals surface area contributed by atoms with Crippen molar-refractivity contribution >= 4 is 28.5 Å². The van der Waals surface area contributed by atoms with E-state index < -0.39 is 0 Å². The highest BCUT2D eigenvalue weighted by Gasteiger charge is 2.32. The van der Waals surface area contributed by atoms with Gasteiger partial charge in [-0.25, -0.2) is 4.98 Å². The Labute approximate surface area is 149 Å². The summed E-state index contributed by atoms with van der Waals surface area (Å²) in [4.78, 5) is 11.5. The number of fused-ring (bicyclic) bond motifs is 3. The van der Waals surface area contributed by atoms with Crippen LogP contribution in [0.5, 0.6) is 5.75 Å². The molecule has 2 bridgehead atoms. The quantitative estimate of drug-likeness (QED) is 0.777. The Kier molecular flexibility index (Phi) is 3.64. The molecule has 2 aliphatic heterocycles. The zero-order chi connectivity index (χ0) is 16.8. The van der Waals surface area contributed by atoms with E-state index in [0.29, 0.717) is 18.1 Å². The third-order valence-electron chi connectivity index (χ3n) is 5.11. The summed E-state index contributed by atoms with van der Waals surface area (Å²) < 4.78 is 11.7. The number of hydrogen-bond acceptors (Lipinski definition) is 7. The number of hydrogen-bond donors (Lipinski definition) is 1. The molecule has 2 aromatic heterocycles. The standard InChI is InChI=1S/C18H20N4O2S/c1-23-14-6-5-13(17-19-7-8-25-17)16-15(14)21-18(24-16)22-9-11-3-2-4-12(10-22)20-11/h5-8,11-12,20H,2-4,9-10H2,1H3. The van der Waals surface area contributed by atoms with Crippen molar-refractivity contribution in [2.75, 3.05) is 25.1 Å². The summed E-state index contributed by atoms with van der Waals surface area (Å²) in [6.45, 7) is 1.89. The average molecular weight is 356 g/mol. The molecule has 2 saturated heterocycles. The van der Waals surface area contributed by atoms with Gasteiger partial charge in [-0.3, -0.25) is 0 Å². The van der Waals surface area contributed by atoms with Crippen LogP contribution >= 0.6 is 11.3 Å². The smallest absolute Gasteiger partial charge is 0.298 e. The fourth-order valence-corrected chi connectivity index (χ4v) is 4.62. The molecule has 7 heteroatoms. The first-order chi connectivity index (χ1) is 12.3. The van der Waals surface area contributed by atoms with Crippen molar-refractivity contribution in [2.45, 2.75) is 31.3 Å². The Morgan fingerprint density at radius 1 is 1.28 bits per heavy atom. The largest absolute Gasteiger partial charge is 0.494 e. The minimum Gasteiger partial charge on any atom is -0.494 e. The van der Waals surface area contributed by atoms with Crippen molar-refractivity contribution in [2.24, 2.45) is 0 Å². The maximum atomic E-state index is 6.24. The number of ether oxygens (including phenoxy) is 1. The molecule has 0 radical (unpaired) electrons. The lowest BCUT2D eigenvalue weighted by Gasteiger charge is -2.41. The van der Waals surface area contributed by atoms with Crippen LogP contribution in [0.2, 0.25) is 0 Å². The van der Waals surface area contributed by atoms with Crippen LogP contribution in [0.25, 0.3) is 21.7 Å². The number of methoxy groups -OCH3 is 1. The number of piperidine rings is 1. The van der Waals surface area contributed by atoms with Gasteiger partial charge < -0.3 is 19.4 Å². The summed E-state index contributed by atoms with van der Waals surface area (Å²) in [7, 11) is 1.67. The van der Waals surface area contributed by atoms with Crippen LogP contribution in [0.1, 0.15) is 19.3 Å². The van der Waals surface area contributed by atoms with Gasteiger partial charge in [0, 0.05) is 36.8 Å². The monoisotopic (exact) mass is 356 g/mol. The SMILES string of the molecule is COc1ccc(-c2nccs2)c2oc(N3CC4CCCC(C3)N4)nc12. The lowest BCUT2D eigenvalue weighted by atomic mass is 9.94. The van der Waals surface area contributed by atoms with Crippen molar-refractivity contribution in [3.8, 4) is 16.3 Å². The molecule has 2 atom stereocenters. The molecule has 0 saturated carbocycles. The number of oxazole rings is 1. The van der Waals surface area contributed by atoms with Crippen LogP contribution in [-0.2, 0) is 0 Å². The maximum absolute atomic E-state index is 6.24. The van der Waals surface area contributed by atoms with Crippen molar-refractivity contribution in [1.29, 1.82) is 0 Å². The number of benzene rings is 1. The van der Waals surface area contributed by atoms with Gasteiger partial charge in [0.2, 0.25) is 0 Å². The summed E-state index contributed by atoms with van der Waals surface area (Å²) in [5.41, 5.74) is 2.50. The van der Waals surface area contributed by atoms with E-state index in [1.165, 1.54) is 19.3 Å². The average Bonchev–Trinajstić information content (AvgIpc) is 3.30. The molecule has 6 nitrogen and oxygen atoms in total. The van der Waals surface area contributed by atoms with Crippen LogP contribution in [-0.4, -0.2) is 42.3 Å². The topological polar surface area (TPSA) is 63.4 Å². The molecule has 130 valence electrons. The van der Waals surface area contributed by atoms with Gasteiger partial charge in [0.15, 0.2) is 11.1 Å². The summed E-state index contributed by atoms with van der Waals surface area (Å²) in [5.74, 6) is 0.737. The van der Waals surface area contributed by atoms with E-state index in [1.807, 2.05) is 23.7 Å². The third kappa shape index (κ3) is 2.58. The molecular weight excluding hydrogens is 336 g/mol. The summed E-state index contributed by atoms with van der Waals surface area (Å²) in [6.07, 6.45) is 5.57. The second-order valence-electron chi connectivity index (χ2n) is 6.72. The van der Waals surface area contributed by atoms with Crippen LogP contribution in [0, 0.1) is 0 Å². The summed E-state index contributed by atoms with van der Waals surface area (Å²) in [5, 5.41) is 6.61. The first kappa shape index (κ1) is 15.2. The van der Waals surface area contributed by atoms with E-state index in [9.17, 15) is 0 Å². The molecule has 0 aliphatic carbocycles. The van der Waals surface area contributed by atoms with Gasteiger partial charge in [-0.05, 0) is 25.0 Å². The zero-order valence-electron chi connectivity index (χ0n) is 14.1. The van der Waals surface area contributed by atoms with E-state index in [2.05, 4.69) is 15.2 Å². The molecule has 1 N–H and O–H groups in total. The molecule has 1 aromatic carbocycles. The van der Waals surface area contributed by atoms with Gasteiger partial charge in [0.25, 0.3) is 6.01 Å². The van der Waals surface area contributed by atoms with Crippen molar-refractivity contribution in [3.63, 3.8) is 0 Å². The number of rotatable bonds is 3. The zero-order valence-corrected chi connectivity index (χ0v) is 14.9. The molecule has 2 aliphatic rings. The van der Waals surface area contributed by atoms with E-state index in [1.54, 1.807) is 18.4 Å². The minimum atomic E-state index is 0.530. The van der Waals surface area contributed by atoms with Crippen molar-refractivity contribution < 1.29 is 9.15 Å². The molecule has 4 heterocycles. The van der Waals surface area contributed by atoms with Gasteiger partial charge in [-0.1, -0.05) is 6.42 Å². The predicted octanol–water partition coefficient (Wildman–Crippen LogP) is 3.29. The van der Waals surface area contributed by atoms with Crippen LogP contribution in [0.3, 0.4) is 0 Å². The van der Waals surface area contributed by atoms with E-state index in [-0.39, 0.29) is 0 Å². The van der Waals surface area contributed by atoms with E-state index in [0.717, 1.165) is 40.5 Å². The minimum absolute atomic E-state index is 0.530. The molecule has 0 spiro atoms. The second kappa shape index (κ2) is 6.00. The number of aromatic nitrogens is 2. The number of thiazole rings is 1. The molecule has 3 aromatic rings. The highest BCUT2D eigenvalue weighted by Crippen LogP contribution is 2.38. The highest BCUT2D eigenvalue weighted by molar-refractivity contribution is 7.13. The van der Waals surface area contributed by atoms with Gasteiger partial charge >= 0.3 is 0 Å². The molecule has 25 heavy (non-hydrogen) atoms. The van der Waals surface area contributed by atoms with Crippen LogP contribution in [0.15, 0.2) is 28.1 Å². The van der Waals surface area contributed by atoms with Gasteiger partial charge in [0.1, 0.15) is 10.8 Å².